The number of likely N-dealkylation sites (tertiary alicyclic amines) is 1. The fraction of sp³-hybridized carbons (Fsp3) is 0.737. The van der Waals surface area contributed by atoms with E-state index in [9.17, 15) is 18.0 Å². The summed E-state index contributed by atoms with van der Waals surface area (Å²) in [5.74, 6) is -0.671. The highest BCUT2D eigenvalue weighted by molar-refractivity contribution is 5.77. The lowest BCUT2D eigenvalue weighted by molar-refractivity contribution is -0.145. The van der Waals surface area contributed by atoms with Crippen LogP contribution in [0.4, 0.5) is 19.0 Å². The lowest BCUT2D eigenvalue weighted by atomic mass is 9.73. The monoisotopic (exact) mass is 384 g/mol. The van der Waals surface area contributed by atoms with Crippen LogP contribution in [0.5, 0.6) is 0 Å². The van der Waals surface area contributed by atoms with Gasteiger partial charge in [0, 0.05) is 49.8 Å². The van der Waals surface area contributed by atoms with Gasteiger partial charge in [0.15, 0.2) is 0 Å². The smallest absolute Gasteiger partial charge is 0.356 e. The number of carbonyl (C=O) groups excluding carboxylic acids is 1. The minimum absolute atomic E-state index is 0.0660. The molecule has 2 aliphatic heterocycles. The van der Waals surface area contributed by atoms with E-state index in [1.807, 2.05) is 30.6 Å². The molecule has 0 radical (unpaired) electrons. The summed E-state index contributed by atoms with van der Waals surface area (Å²) in [5.41, 5.74) is 0.338. The van der Waals surface area contributed by atoms with Crippen LogP contribution in [-0.2, 0) is 11.0 Å². The largest absolute Gasteiger partial charge is 0.451 e. The van der Waals surface area contributed by atoms with Crippen LogP contribution in [0, 0.1) is 5.41 Å². The number of alkyl halides is 3. The van der Waals surface area contributed by atoms with Crippen molar-refractivity contribution in [1.29, 1.82) is 0 Å². The van der Waals surface area contributed by atoms with E-state index in [4.69, 9.17) is 0 Å². The standard InChI is InChI=1S/C19H27F3N4O/c1-4-25-11-18(8-6-16(25)27)7-5-9-26(12-18)15-10-14(13(2)3)23-17(24-15)19(20,21)22/h10,13H,4-9,11-12H2,1-3H3. The average molecular weight is 384 g/mol. The van der Waals surface area contributed by atoms with Crippen molar-refractivity contribution in [1.82, 2.24) is 14.9 Å². The highest BCUT2D eigenvalue weighted by Crippen LogP contribution is 2.40. The van der Waals surface area contributed by atoms with E-state index in [0.29, 0.717) is 44.1 Å². The summed E-state index contributed by atoms with van der Waals surface area (Å²) in [7, 11) is 0. The number of amides is 1. The maximum atomic E-state index is 13.3. The van der Waals surface area contributed by atoms with Gasteiger partial charge in [-0.25, -0.2) is 9.97 Å². The van der Waals surface area contributed by atoms with Crippen LogP contribution in [0.3, 0.4) is 0 Å². The quantitative estimate of drug-likeness (QED) is 0.794. The van der Waals surface area contributed by atoms with Crippen molar-refractivity contribution < 1.29 is 18.0 Å². The van der Waals surface area contributed by atoms with Gasteiger partial charge in [0.25, 0.3) is 0 Å². The molecule has 27 heavy (non-hydrogen) atoms. The molecule has 1 atom stereocenters. The third kappa shape index (κ3) is 4.19. The molecule has 1 spiro atoms. The molecular formula is C19H27F3N4O. The van der Waals surface area contributed by atoms with Crippen molar-refractivity contribution in [3.63, 3.8) is 0 Å². The zero-order chi connectivity index (χ0) is 19.8. The topological polar surface area (TPSA) is 49.3 Å². The van der Waals surface area contributed by atoms with Gasteiger partial charge in [-0.3, -0.25) is 4.79 Å². The van der Waals surface area contributed by atoms with Gasteiger partial charge in [-0.2, -0.15) is 13.2 Å². The SMILES string of the molecule is CCN1CC2(CCCN(c3cc(C(C)C)nc(C(F)(F)F)n3)C2)CCC1=O. The Bertz CT molecular complexity index is 707. The molecule has 0 bridgehead atoms. The van der Waals surface area contributed by atoms with Crippen LogP contribution in [-0.4, -0.2) is 47.0 Å². The van der Waals surface area contributed by atoms with E-state index in [0.717, 1.165) is 19.3 Å². The van der Waals surface area contributed by atoms with E-state index in [-0.39, 0.29) is 17.2 Å². The predicted molar refractivity (Wildman–Crippen MR) is 96.5 cm³/mol. The molecule has 1 aromatic rings. The van der Waals surface area contributed by atoms with Crippen LogP contribution >= 0.6 is 0 Å². The first-order chi connectivity index (χ1) is 12.6. The van der Waals surface area contributed by atoms with Crippen LogP contribution < -0.4 is 4.90 Å². The van der Waals surface area contributed by atoms with Crippen molar-refractivity contribution in [2.24, 2.45) is 5.41 Å². The maximum Gasteiger partial charge on any atom is 0.451 e. The Balaban J connectivity index is 1.90. The molecule has 2 fully saturated rings. The van der Waals surface area contributed by atoms with Crippen LogP contribution in [0.1, 0.15) is 63.9 Å². The predicted octanol–water partition coefficient (Wildman–Crippen LogP) is 3.85. The summed E-state index contributed by atoms with van der Waals surface area (Å²) >= 11 is 0. The van der Waals surface area contributed by atoms with Gasteiger partial charge in [0.2, 0.25) is 11.7 Å². The lowest BCUT2D eigenvalue weighted by Gasteiger charge is -2.48. The number of aromatic nitrogens is 2. The molecule has 0 N–H and O–H groups in total. The Morgan fingerprint density at radius 3 is 2.59 bits per heavy atom. The molecule has 1 amide bonds. The molecule has 0 saturated carbocycles. The van der Waals surface area contributed by atoms with E-state index in [1.54, 1.807) is 6.07 Å². The molecule has 2 saturated heterocycles. The molecule has 5 nitrogen and oxygen atoms in total. The van der Waals surface area contributed by atoms with Gasteiger partial charge in [-0.1, -0.05) is 13.8 Å². The Kier molecular flexibility index (Phi) is 5.36. The fourth-order valence-electron chi connectivity index (χ4n) is 4.16. The van der Waals surface area contributed by atoms with Crippen LogP contribution in [0.15, 0.2) is 6.07 Å². The molecule has 2 aliphatic rings. The summed E-state index contributed by atoms with van der Waals surface area (Å²) < 4.78 is 39.8. The van der Waals surface area contributed by atoms with Crippen LogP contribution in [0.25, 0.3) is 0 Å². The molecule has 3 heterocycles. The summed E-state index contributed by atoms with van der Waals surface area (Å²) in [4.78, 5) is 23.4. The zero-order valence-electron chi connectivity index (χ0n) is 16.1. The Morgan fingerprint density at radius 1 is 1.22 bits per heavy atom. The van der Waals surface area contributed by atoms with Crippen LogP contribution in [0.2, 0.25) is 0 Å². The Hall–Kier alpha value is -1.86. The first-order valence-corrected chi connectivity index (χ1v) is 9.62. The first-order valence-electron chi connectivity index (χ1n) is 9.62. The molecule has 0 aromatic carbocycles. The maximum absolute atomic E-state index is 13.3. The Labute approximate surface area is 158 Å². The lowest BCUT2D eigenvalue weighted by Crippen LogP contribution is -2.54. The third-order valence-electron chi connectivity index (χ3n) is 5.69. The summed E-state index contributed by atoms with van der Waals surface area (Å²) in [6.07, 6.45) is -1.40. The summed E-state index contributed by atoms with van der Waals surface area (Å²) in [5, 5.41) is 0. The molecule has 150 valence electrons. The number of piperidine rings is 2. The van der Waals surface area contributed by atoms with Gasteiger partial charge in [0.1, 0.15) is 5.82 Å². The van der Waals surface area contributed by atoms with E-state index in [1.165, 1.54) is 0 Å². The third-order valence-corrected chi connectivity index (χ3v) is 5.69. The molecule has 3 rings (SSSR count). The second kappa shape index (κ2) is 7.28. The van der Waals surface area contributed by atoms with E-state index >= 15 is 0 Å². The summed E-state index contributed by atoms with van der Waals surface area (Å²) in [6.45, 7) is 8.27. The number of halogens is 3. The number of hydrogen-bond acceptors (Lipinski definition) is 4. The second-order valence-corrected chi connectivity index (χ2v) is 8.06. The molecule has 1 aromatic heterocycles. The highest BCUT2D eigenvalue weighted by atomic mass is 19.4. The minimum atomic E-state index is -4.57. The first kappa shape index (κ1) is 19.9. The molecular weight excluding hydrogens is 357 g/mol. The average Bonchev–Trinajstić information content (AvgIpc) is 2.63. The molecule has 1 unspecified atom stereocenters. The van der Waals surface area contributed by atoms with Crippen molar-refractivity contribution in [2.45, 2.75) is 58.5 Å². The Morgan fingerprint density at radius 2 is 1.96 bits per heavy atom. The number of anilines is 1. The fourth-order valence-corrected chi connectivity index (χ4v) is 4.16. The second-order valence-electron chi connectivity index (χ2n) is 8.06. The normalized spacial score (nSPS) is 24.2. The molecule has 8 heteroatoms. The van der Waals surface area contributed by atoms with E-state index in [2.05, 4.69) is 9.97 Å². The van der Waals surface area contributed by atoms with Crippen molar-refractivity contribution >= 4 is 11.7 Å². The van der Waals surface area contributed by atoms with Crippen molar-refractivity contribution in [3.05, 3.63) is 17.6 Å². The summed E-state index contributed by atoms with van der Waals surface area (Å²) in [6, 6.07) is 1.69. The van der Waals surface area contributed by atoms with Gasteiger partial charge < -0.3 is 9.80 Å². The highest BCUT2D eigenvalue weighted by Gasteiger charge is 2.42. The van der Waals surface area contributed by atoms with Gasteiger partial charge in [0.05, 0.1) is 0 Å². The van der Waals surface area contributed by atoms with Gasteiger partial charge in [-0.15, -0.1) is 0 Å². The van der Waals surface area contributed by atoms with E-state index < -0.39 is 12.0 Å². The number of nitrogens with zero attached hydrogens (tertiary/aromatic N) is 4. The van der Waals surface area contributed by atoms with Gasteiger partial charge in [-0.05, 0) is 32.1 Å². The minimum Gasteiger partial charge on any atom is -0.356 e. The van der Waals surface area contributed by atoms with Crippen molar-refractivity contribution in [2.75, 3.05) is 31.1 Å². The number of rotatable bonds is 3. The van der Waals surface area contributed by atoms with Gasteiger partial charge >= 0.3 is 6.18 Å². The zero-order valence-corrected chi connectivity index (χ0v) is 16.1. The van der Waals surface area contributed by atoms with Crippen molar-refractivity contribution in [3.8, 4) is 0 Å². The molecule has 0 aliphatic carbocycles. The number of carbonyl (C=O) groups is 1. The number of hydrogen-bond donors (Lipinski definition) is 0.